The van der Waals surface area contributed by atoms with Crippen molar-refractivity contribution in [2.24, 2.45) is 0 Å². The van der Waals surface area contributed by atoms with Crippen molar-refractivity contribution >= 4 is 11.6 Å². The molecular formula is C16H18N6. The molecule has 1 aliphatic heterocycles. The number of aryl methyl sites for hydroxylation is 1. The van der Waals surface area contributed by atoms with E-state index in [0.717, 1.165) is 43.2 Å². The lowest BCUT2D eigenvalue weighted by molar-refractivity contribution is 0.482. The molecule has 0 unspecified atom stereocenters. The fourth-order valence-corrected chi connectivity index (χ4v) is 3.17. The van der Waals surface area contributed by atoms with E-state index in [1.807, 2.05) is 29.8 Å². The van der Waals surface area contributed by atoms with E-state index < -0.39 is 0 Å². The fourth-order valence-electron chi connectivity index (χ4n) is 3.17. The third kappa shape index (κ3) is 2.30. The smallest absolute Gasteiger partial charge is 0.225 e. The van der Waals surface area contributed by atoms with Gasteiger partial charge in [-0.3, -0.25) is 0 Å². The molecule has 112 valence electrons. The van der Waals surface area contributed by atoms with Gasteiger partial charge in [0.15, 0.2) is 5.65 Å². The van der Waals surface area contributed by atoms with Crippen LogP contribution in [-0.2, 0) is 0 Å². The molecule has 1 fully saturated rings. The maximum absolute atomic E-state index is 4.58. The zero-order valence-corrected chi connectivity index (χ0v) is 12.6. The van der Waals surface area contributed by atoms with Crippen LogP contribution in [0.5, 0.6) is 0 Å². The van der Waals surface area contributed by atoms with Gasteiger partial charge in [0.05, 0.1) is 5.69 Å². The van der Waals surface area contributed by atoms with Crippen molar-refractivity contribution < 1.29 is 0 Å². The zero-order valence-electron chi connectivity index (χ0n) is 12.6. The lowest BCUT2D eigenvalue weighted by Gasteiger charge is -2.32. The van der Waals surface area contributed by atoms with Gasteiger partial charge in [-0.15, -0.1) is 0 Å². The largest absolute Gasteiger partial charge is 0.341 e. The molecule has 4 rings (SSSR count). The van der Waals surface area contributed by atoms with Crippen molar-refractivity contribution in [3.8, 4) is 0 Å². The minimum absolute atomic E-state index is 0.504. The van der Waals surface area contributed by atoms with Crippen LogP contribution in [0.25, 0.3) is 5.65 Å². The van der Waals surface area contributed by atoms with Crippen molar-refractivity contribution in [2.45, 2.75) is 25.7 Å². The second-order valence-electron chi connectivity index (χ2n) is 5.74. The monoisotopic (exact) mass is 294 g/mol. The highest BCUT2D eigenvalue weighted by Crippen LogP contribution is 2.29. The van der Waals surface area contributed by atoms with Crippen LogP contribution in [0.3, 0.4) is 0 Å². The lowest BCUT2D eigenvalue weighted by Crippen LogP contribution is -2.34. The minimum atomic E-state index is 0.504. The topological polar surface area (TPSA) is 59.2 Å². The molecule has 3 aromatic heterocycles. The van der Waals surface area contributed by atoms with Gasteiger partial charge in [-0.05, 0) is 31.9 Å². The number of nitrogens with zero attached hydrogens (tertiary/aromatic N) is 6. The summed E-state index contributed by atoms with van der Waals surface area (Å²) in [5, 5.41) is 4.58. The number of hydrogen-bond donors (Lipinski definition) is 0. The second kappa shape index (κ2) is 5.36. The Morgan fingerprint density at radius 3 is 2.59 bits per heavy atom. The summed E-state index contributed by atoms with van der Waals surface area (Å²) in [4.78, 5) is 15.3. The van der Waals surface area contributed by atoms with Gasteiger partial charge in [0.25, 0.3) is 0 Å². The Labute approximate surface area is 128 Å². The molecule has 0 amide bonds. The Balaban J connectivity index is 1.56. The molecule has 1 saturated heterocycles. The van der Waals surface area contributed by atoms with Crippen LogP contribution in [0.2, 0.25) is 0 Å². The van der Waals surface area contributed by atoms with Crippen molar-refractivity contribution in [3.05, 3.63) is 48.2 Å². The van der Waals surface area contributed by atoms with Crippen LogP contribution < -0.4 is 4.90 Å². The summed E-state index contributed by atoms with van der Waals surface area (Å²) in [6.45, 7) is 3.95. The normalized spacial score (nSPS) is 16.3. The van der Waals surface area contributed by atoms with Crippen LogP contribution in [0.15, 0.2) is 36.8 Å². The van der Waals surface area contributed by atoms with Gasteiger partial charge in [-0.1, -0.05) is 0 Å². The highest BCUT2D eigenvalue weighted by molar-refractivity contribution is 5.40. The number of hydrogen-bond acceptors (Lipinski definition) is 5. The first-order valence-electron chi connectivity index (χ1n) is 7.64. The van der Waals surface area contributed by atoms with Crippen LogP contribution in [0, 0.1) is 6.92 Å². The van der Waals surface area contributed by atoms with Crippen LogP contribution >= 0.6 is 0 Å². The predicted octanol–water partition coefficient (Wildman–Crippen LogP) is 2.21. The lowest BCUT2D eigenvalue weighted by atomic mass is 9.93. The first-order valence-corrected chi connectivity index (χ1v) is 7.64. The Hall–Kier alpha value is -2.50. The summed E-state index contributed by atoms with van der Waals surface area (Å²) < 4.78 is 1.99. The molecule has 0 aliphatic carbocycles. The first-order chi connectivity index (χ1) is 10.8. The molecule has 0 atom stereocenters. The fraction of sp³-hybridized carbons (Fsp3) is 0.375. The molecule has 0 bridgehead atoms. The summed E-state index contributed by atoms with van der Waals surface area (Å²) in [5.74, 6) is 1.33. The van der Waals surface area contributed by atoms with Crippen molar-refractivity contribution in [3.63, 3.8) is 0 Å². The van der Waals surface area contributed by atoms with Crippen LogP contribution in [-0.4, -0.2) is 37.7 Å². The second-order valence-corrected chi connectivity index (χ2v) is 5.74. The Morgan fingerprint density at radius 1 is 1.05 bits per heavy atom. The summed E-state index contributed by atoms with van der Waals surface area (Å²) in [6.07, 6.45) is 7.64. The van der Waals surface area contributed by atoms with E-state index in [2.05, 4.69) is 31.0 Å². The number of fused-ring (bicyclic) bond motifs is 1. The minimum Gasteiger partial charge on any atom is -0.341 e. The summed E-state index contributed by atoms with van der Waals surface area (Å²) >= 11 is 0. The van der Waals surface area contributed by atoms with E-state index in [9.17, 15) is 0 Å². The standard InChI is InChI=1S/C16H18N6/c1-12-11-15-17-8-3-14(22(15)20-12)13-4-9-21(10-5-13)16-18-6-2-7-19-16/h2-3,6-8,11,13H,4-5,9-10H2,1H3. The van der Waals surface area contributed by atoms with Gasteiger partial charge < -0.3 is 4.90 Å². The van der Waals surface area contributed by atoms with E-state index in [0.29, 0.717) is 5.92 Å². The maximum Gasteiger partial charge on any atom is 0.225 e. The van der Waals surface area contributed by atoms with Crippen molar-refractivity contribution in [1.29, 1.82) is 0 Å². The van der Waals surface area contributed by atoms with Gasteiger partial charge in [0.2, 0.25) is 5.95 Å². The molecule has 0 saturated carbocycles. The van der Waals surface area contributed by atoms with Crippen molar-refractivity contribution in [1.82, 2.24) is 24.6 Å². The molecule has 0 radical (unpaired) electrons. The molecular weight excluding hydrogens is 276 g/mol. The zero-order chi connectivity index (χ0) is 14.9. The highest BCUT2D eigenvalue weighted by atomic mass is 15.3. The van der Waals surface area contributed by atoms with Gasteiger partial charge in [-0.25, -0.2) is 19.5 Å². The Kier molecular flexibility index (Phi) is 3.21. The average molecular weight is 294 g/mol. The number of rotatable bonds is 2. The molecule has 0 N–H and O–H groups in total. The van der Waals surface area contributed by atoms with Gasteiger partial charge in [-0.2, -0.15) is 5.10 Å². The van der Waals surface area contributed by atoms with Gasteiger partial charge in [0.1, 0.15) is 0 Å². The van der Waals surface area contributed by atoms with E-state index in [1.54, 1.807) is 12.4 Å². The molecule has 0 aromatic carbocycles. The molecule has 3 aromatic rings. The van der Waals surface area contributed by atoms with Crippen LogP contribution in [0.4, 0.5) is 5.95 Å². The molecule has 6 nitrogen and oxygen atoms in total. The quantitative estimate of drug-likeness (QED) is 0.725. The van der Waals surface area contributed by atoms with Gasteiger partial charge >= 0.3 is 0 Å². The maximum atomic E-state index is 4.58. The summed E-state index contributed by atoms with van der Waals surface area (Å²) in [7, 11) is 0. The average Bonchev–Trinajstić information content (AvgIpc) is 2.96. The first kappa shape index (κ1) is 13.2. The molecule has 6 heteroatoms. The van der Waals surface area contributed by atoms with Gasteiger partial charge in [0, 0.05) is 49.4 Å². The van der Waals surface area contributed by atoms with Crippen molar-refractivity contribution in [2.75, 3.05) is 18.0 Å². The highest BCUT2D eigenvalue weighted by Gasteiger charge is 2.24. The SMILES string of the molecule is Cc1cc2nccc(C3CCN(c4ncccn4)CC3)n2n1. The third-order valence-electron chi connectivity index (χ3n) is 4.26. The summed E-state index contributed by atoms with van der Waals surface area (Å²) in [6, 6.07) is 5.97. The Morgan fingerprint density at radius 2 is 1.82 bits per heavy atom. The number of aromatic nitrogens is 5. The molecule has 4 heterocycles. The number of anilines is 1. The number of piperidine rings is 1. The molecule has 1 aliphatic rings. The molecule has 22 heavy (non-hydrogen) atoms. The third-order valence-corrected chi connectivity index (χ3v) is 4.26. The van der Waals surface area contributed by atoms with E-state index in [1.165, 1.54) is 5.69 Å². The van der Waals surface area contributed by atoms with E-state index >= 15 is 0 Å². The summed E-state index contributed by atoms with van der Waals surface area (Å²) in [5.41, 5.74) is 3.20. The van der Waals surface area contributed by atoms with Crippen LogP contribution in [0.1, 0.15) is 30.1 Å². The Bertz CT molecular complexity index is 774. The van der Waals surface area contributed by atoms with E-state index in [-0.39, 0.29) is 0 Å². The molecule has 0 spiro atoms. The predicted molar refractivity (Wildman–Crippen MR) is 83.9 cm³/mol. The van der Waals surface area contributed by atoms with E-state index in [4.69, 9.17) is 0 Å².